The van der Waals surface area contributed by atoms with E-state index in [1.165, 1.54) is 0 Å². The first-order valence-corrected chi connectivity index (χ1v) is 5.46. The van der Waals surface area contributed by atoms with Crippen LogP contribution >= 0.6 is 15.9 Å². The molecular weight excluding hydrogens is 260 g/mol. The van der Waals surface area contributed by atoms with Crippen molar-refractivity contribution in [3.63, 3.8) is 0 Å². The molecule has 3 N–H and O–H groups in total. The van der Waals surface area contributed by atoms with Gasteiger partial charge in [-0.05, 0) is 29.8 Å². The minimum atomic E-state index is -0.195. The number of carbonyl (C=O) groups excluding carboxylic acids is 1. The van der Waals surface area contributed by atoms with Crippen molar-refractivity contribution in [1.82, 2.24) is 15.2 Å². The number of hydrazine groups is 1. The summed E-state index contributed by atoms with van der Waals surface area (Å²) in [7, 11) is 0. The van der Waals surface area contributed by atoms with Crippen molar-refractivity contribution in [3.8, 4) is 0 Å². The molecule has 1 atom stereocenters. The maximum Gasteiger partial charge on any atom is 0.238 e. The molecule has 1 aromatic rings. The lowest BCUT2D eigenvalue weighted by atomic mass is 10.2. The first-order chi connectivity index (χ1) is 6.97. The van der Waals surface area contributed by atoms with E-state index in [9.17, 15) is 4.79 Å². The van der Waals surface area contributed by atoms with Gasteiger partial charge in [-0.1, -0.05) is 6.92 Å². The highest BCUT2D eigenvalue weighted by molar-refractivity contribution is 9.10. The molecule has 0 aliphatic heterocycles. The predicted octanol–water partition coefficient (Wildman–Crippen LogP) is 0.888. The highest BCUT2D eigenvalue weighted by Crippen LogP contribution is 2.20. The maximum absolute atomic E-state index is 11.2. The van der Waals surface area contributed by atoms with Gasteiger partial charge in [-0.3, -0.25) is 14.9 Å². The van der Waals surface area contributed by atoms with Crippen LogP contribution in [0.25, 0.3) is 0 Å². The third kappa shape index (κ3) is 2.57. The summed E-state index contributed by atoms with van der Waals surface area (Å²) >= 11 is 3.44. The normalized spacial score (nSPS) is 12.6. The minimum Gasteiger partial charge on any atom is -0.294 e. The molecule has 0 aliphatic rings. The Morgan fingerprint density at radius 2 is 2.27 bits per heavy atom. The number of amides is 1. The Labute approximate surface area is 97.1 Å². The quantitative estimate of drug-likeness (QED) is 0.489. The molecular formula is C9H15BrN4O. The summed E-state index contributed by atoms with van der Waals surface area (Å²) < 4.78 is 2.79. The van der Waals surface area contributed by atoms with E-state index in [1.54, 1.807) is 4.68 Å². The van der Waals surface area contributed by atoms with E-state index in [0.29, 0.717) is 6.54 Å². The van der Waals surface area contributed by atoms with Gasteiger partial charge in [0.1, 0.15) is 0 Å². The number of carbonyl (C=O) groups is 1. The molecule has 1 heterocycles. The summed E-state index contributed by atoms with van der Waals surface area (Å²) in [5.41, 5.74) is 4.08. The van der Waals surface area contributed by atoms with E-state index in [2.05, 4.69) is 26.5 Å². The van der Waals surface area contributed by atoms with Crippen molar-refractivity contribution < 1.29 is 4.79 Å². The van der Waals surface area contributed by atoms with Crippen LogP contribution in [0.15, 0.2) is 4.47 Å². The zero-order chi connectivity index (χ0) is 11.6. The van der Waals surface area contributed by atoms with Gasteiger partial charge in [0.25, 0.3) is 0 Å². The zero-order valence-corrected chi connectivity index (χ0v) is 10.6. The van der Waals surface area contributed by atoms with Gasteiger partial charge in [-0.15, -0.1) is 0 Å². The Bertz CT molecular complexity index is 374. The summed E-state index contributed by atoms with van der Waals surface area (Å²) in [4.78, 5) is 11.2. The Morgan fingerprint density at radius 3 is 2.67 bits per heavy atom. The molecule has 0 unspecified atom stereocenters. The number of hydrogen-bond acceptors (Lipinski definition) is 3. The number of hydrogen-bond donors (Lipinski definition) is 2. The van der Waals surface area contributed by atoms with Crippen LogP contribution in [0.4, 0.5) is 0 Å². The first-order valence-electron chi connectivity index (χ1n) is 4.67. The van der Waals surface area contributed by atoms with E-state index in [0.717, 1.165) is 15.9 Å². The number of aryl methyl sites for hydroxylation is 1. The Balaban J connectivity index is 2.81. The molecule has 1 aromatic heterocycles. The minimum absolute atomic E-state index is 0.182. The topological polar surface area (TPSA) is 72.9 Å². The summed E-state index contributed by atoms with van der Waals surface area (Å²) in [6, 6.07) is 0. The van der Waals surface area contributed by atoms with Crippen LogP contribution in [0.2, 0.25) is 0 Å². The first kappa shape index (κ1) is 12.2. The molecule has 0 saturated carbocycles. The Kier molecular flexibility index (Phi) is 3.87. The van der Waals surface area contributed by atoms with Crippen LogP contribution in [-0.2, 0) is 11.3 Å². The number of rotatable bonds is 3. The second-order valence-electron chi connectivity index (χ2n) is 3.58. The number of nitrogens with two attached hydrogens (primary N) is 1. The molecule has 6 heteroatoms. The largest absolute Gasteiger partial charge is 0.294 e. The van der Waals surface area contributed by atoms with Gasteiger partial charge >= 0.3 is 0 Å². The molecule has 1 amide bonds. The fourth-order valence-electron chi connectivity index (χ4n) is 1.34. The van der Waals surface area contributed by atoms with Crippen molar-refractivity contribution in [2.75, 3.05) is 0 Å². The van der Waals surface area contributed by atoms with E-state index < -0.39 is 0 Å². The van der Waals surface area contributed by atoms with E-state index in [4.69, 9.17) is 5.84 Å². The standard InChI is InChI=1S/C9H15BrN4O/c1-5(9(15)12-11)4-14-7(3)8(10)6(2)13-14/h5H,4,11H2,1-3H3,(H,12,15)/t5-/m1/s1. The van der Waals surface area contributed by atoms with Crippen LogP contribution in [0, 0.1) is 19.8 Å². The van der Waals surface area contributed by atoms with Crippen molar-refractivity contribution >= 4 is 21.8 Å². The molecule has 0 spiro atoms. The molecule has 0 fully saturated rings. The lowest BCUT2D eigenvalue weighted by Gasteiger charge is -2.10. The molecule has 84 valence electrons. The fourth-order valence-corrected chi connectivity index (χ4v) is 1.62. The molecule has 0 saturated heterocycles. The molecule has 0 radical (unpaired) electrons. The van der Waals surface area contributed by atoms with E-state index in [-0.39, 0.29) is 11.8 Å². The van der Waals surface area contributed by atoms with E-state index in [1.807, 2.05) is 20.8 Å². The number of aromatic nitrogens is 2. The number of nitrogens with one attached hydrogen (secondary N) is 1. The lowest BCUT2D eigenvalue weighted by Crippen LogP contribution is -2.36. The molecule has 15 heavy (non-hydrogen) atoms. The monoisotopic (exact) mass is 274 g/mol. The van der Waals surface area contributed by atoms with Crippen LogP contribution in [0.1, 0.15) is 18.3 Å². The lowest BCUT2D eigenvalue weighted by molar-refractivity contribution is -0.125. The molecule has 0 aromatic carbocycles. The van der Waals surface area contributed by atoms with Crippen LogP contribution < -0.4 is 11.3 Å². The van der Waals surface area contributed by atoms with Crippen LogP contribution in [0.5, 0.6) is 0 Å². The Morgan fingerprint density at radius 1 is 1.67 bits per heavy atom. The Hall–Kier alpha value is -0.880. The van der Waals surface area contributed by atoms with Gasteiger partial charge in [0.05, 0.1) is 22.6 Å². The van der Waals surface area contributed by atoms with E-state index >= 15 is 0 Å². The molecule has 0 aliphatic carbocycles. The SMILES string of the molecule is Cc1nn(C[C@@H](C)C(=O)NN)c(C)c1Br. The van der Waals surface area contributed by atoms with Gasteiger partial charge in [-0.25, -0.2) is 5.84 Å². The highest BCUT2D eigenvalue weighted by Gasteiger charge is 2.15. The maximum atomic E-state index is 11.2. The summed E-state index contributed by atoms with van der Waals surface area (Å²) in [6.07, 6.45) is 0. The van der Waals surface area contributed by atoms with Gasteiger partial charge in [0.2, 0.25) is 5.91 Å². The molecule has 1 rings (SSSR count). The predicted molar refractivity (Wildman–Crippen MR) is 60.9 cm³/mol. The second-order valence-corrected chi connectivity index (χ2v) is 4.37. The smallest absolute Gasteiger partial charge is 0.238 e. The van der Waals surface area contributed by atoms with Crippen LogP contribution in [-0.4, -0.2) is 15.7 Å². The summed E-state index contributed by atoms with van der Waals surface area (Å²) in [6.45, 7) is 6.21. The van der Waals surface area contributed by atoms with Crippen molar-refractivity contribution in [2.45, 2.75) is 27.3 Å². The highest BCUT2D eigenvalue weighted by atomic mass is 79.9. The zero-order valence-electron chi connectivity index (χ0n) is 9.04. The van der Waals surface area contributed by atoms with Gasteiger partial charge in [0, 0.05) is 5.69 Å². The second kappa shape index (κ2) is 4.76. The van der Waals surface area contributed by atoms with Crippen molar-refractivity contribution in [3.05, 3.63) is 15.9 Å². The van der Waals surface area contributed by atoms with Gasteiger partial charge in [0.15, 0.2) is 0 Å². The fraction of sp³-hybridized carbons (Fsp3) is 0.556. The number of nitrogens with zero attached hydrogens (tertiary/aromatic N) is 2. The van der Waals surface area contributed by atoms with Gasteiger partial charge in [-0.2, -0.15) is 5.10 Å². The summed E-state index contributed by atoms with van der Waals surface area (Å²) in [5.74, 6) is 4.68. The third-order valence-corrected chi connectivity index (χ3v) is 3.48. The molecule has 5 nitrogen and oxygen atoms in total. The van der Waals surface area contributed by atoms with Crippen molar-refractivity contribution in [1.29, 1.82) is 0 Å². The van der Waals surface area contributed by atoms with Crippen LogP contribution in [0.3, 0.4) is 0 Å². The average molecular weight is 275 g/mol. The average Bonchev–Trinajstić information content (AvgIpc) is 2.45. The van der Waals surface area contributed by atoms with Gasteiger partial charge < -0.3 is 0 Å². The van der Waals surface area contributed by atoms with Crippen molar-refractivity contribution in [2.24, 2.45) is 11.8 Å². The summed E-state index contributed by atoms with van der Waals surface area (Å²) in [5, 5.41) is 4.32. The number of halogens is 1. The third-order valence-electron chi connectivity index (χ3n) is 2.33. The molecule has 0 bridgehead atoms.